The molecule has 0 radical (unpaired) electrons. The van der Waals surface area contributed by atoms with Gasteiger partial charge in [0.2, 0.25) is 0 Å². The number of benzene rings is 1. The first-order chi connectivity index (χ1) is 8.42. The Labute approximate surface area is 109 Å². The lowest BCUT2D eigenvalue weighted by Crippen LogP contribution is -2.19. The molecule has 1 heterocycles. The van der Waals surface area contributed by atoms with Crippen LogP contribution in [0.5, 0.6) is 0 Å². The van der Waals surface area contributed by atoms with Crippen molar-refractivity contribution in [1.82, 2.24) is 5.32 Å². The van der Waals surface area contributed by atoms with E-state index < -0.39 is 0 Å². The summed E-state index contributed by atoms with van der Waals surface area (Å²) >= 11 is 1.92. The van der Waals surface area contributed by atoms with Crippen molar-refractivity contribution >= 4 is 17.4 Å². The predicted molar refractivity (Wildman–Crippen MR) is 78.0 cm³/mol. The van der Waals surface area contributed by atoms with Gasteiger partial charge in [0, 0.05) is 18.8 Å². The Kier molecular flexibility index (Phi) is 5.20. The first-order valence-electron chi connectivity index (χ1n) is 6.46. The molecule has 0 bridgehead atoms. The van der Waals surface area contributed by atoms with E-state index in [1.165, 1.54) is 41.8 Å². The van der Waals surface area contributed by atoms with Crippen LogP contribution in [0.2, 0.25) is 0 Å². The van der Waals surface area contributed by atoms with Gasteiger partial charge >= 0.3 is 0 Å². The van der Waals surface area contributed by atoms with Gasteiger partial charge in [0.05, 0.1) is 0 Å². The van der Waals surface area contributed by atoms with Crippen LogP contribution in [-0.4, -0.2) is 25.1 Å². The third-order valence-electron chi connectivity index (χ3n) is 3.18. The van der Waals surface area contributed by atoms with Crippen molar-refractivity contribution in [2.45, 2.75) is 25.8 Å². The van der Waals surface area contributed by atoms with Gasteiger partial charge < -0.3 is 10.6 Å². The molecule has 2 N–H and O–H groups in total. The quantitative estimate of drug-likeness (QED) is 0.759. The lowest BCUT2D eigenvalue weighted by molar-refractivity contribution is 0.677. The van der Waals surface area contributed by atoms with Crippen LogP contribution < -0.4 is 10.6 Å². The molecule has 0 amide bonds. The van der Waals surface area contributed by atoms with Gasteiger partial charge in [-0.05, 0) is 48.9 Å². The molecule has 94 valence electrons. The van der Waals surface area contributed by atoms with E-state index in [9.17, 15) is 0 Å². The van der Waals surface area contributed by atoms with Gasteiger partial charge in [-0.25, -0.2) is 0 Å². The Morgan fingerprint density at radius 1 is 1.41 bits per heavy atom. The van der Waals surface area contributed by atoms with E-state index in [-0.39, 0.29) is 0 Å². The van der Waals surface area contributed by atoms with E-state index in [2.05, 4.69) is 35.1 Å². The van der Waals surface area contributed by atoms with E-state index in [1.54, 1.807) is 0 Å². The van der Waals surface area contributed by atoms with E-state index in [0.29, 0.717) is 0 Å². The third-order valence-corrected chi connectivity index (χ3v) is 3.88. The fraction of sp³-hybridized carbons (Fsp3) is 0.571. The average Bonchev–Trinajstić information content (AvgIpc) is 2.39. The van der Waals surface area contributed by atoms with Gasteiger partial charge in [-0.15, -0.1) is 0 Å². The highest BCUT2D eigenvalue weighted by molar-refractivity contribution is 7.98. The molecule has 17 heavy (non-hydrogen) atoms. The molecule has 0 fully saturated rings. The van der Waals surface area contributed by atoms with Crippen LogP contribution in [0.3, 0.4) is 0 Å². The molecule has 0 aliphatic carbocycles. The number of rotatable bonds is 6. The summed E-state index contributed by atoms with van der Waals surface area (Å²) in [7, 11) is 0. The normalized spacial score (nSPS) is 14.2. The van der Waals surface area contributed by atoms with E-state index in [1.807, 2.05) is 11.8 Å². The van der Waals surface area contributed by atoms with Gasteiger partial charge in [0.15, 0.2) is 0 Å². The second kappa shape index (κ2) is 6.92. The zero-order valence-electron chi connectivity index (χ0n) is 10.6. The summed E-state index contributed by atoms with van der Waals surface area (Å²) in [5, 5.41) is 7.07. The first-order valence-corrected chi connectivity index (χ1v) is 7.85. The Balaban J connectivity index is 1.87. The number of anilines is 1. The number of fused-ring (bicyclic) bond motifs is 1. The highest BCUT2D eigenvalue weighted by Crippen LogP contribution is 2.25. The van der Waals surface area contributed by atoms with Gasteiger partial charge in [-0.1, -0.05) is 18.2 Å². The molecular weight excluding hydrogens is 228 g/mol. The van der Waals surface area contributed by atoms with Crippen molar-refractivity contribution in [2.24, 2.45) is 0 Å². The lowest BCUT2D eigenvalue weighted by atomic mass is 9.99. The second-order valence-electron chi connectivity index (χ2n) is 4.50. The fourth-order valence-electron chi connectivity index (χ4n) is 2.29. The standard InChI is InChI=1S/C14H22N2S/c1-17-10-4-8-15-11-13-6-2-5-12-7-3-9-16-14(12)13/h2,5-6,15-16H,3-4,7-11H2,1H3. The summed E-state index contributed by atoms with van der Waals surface area (Å²) in [6.45, 7) is 3.23. The second-order valence-corrected chi connectivity index (χ2v) is 5.49. The molecule has 1 aliphatic heterocycles. The molecule has 0 aromatic heterocycles. The summed E-state index contributed by atoms with van der Waals surface area (Å²) in [6, 6.07) is 6.67. The maximum Gasteiger partial charge on any atom is 0.0418 e. The van der Waals surface area contributed by atoms with Crippen LogP contribution in [0.4, 0.5) is 5.69 Å². The third kappa shape index (κ3) is 3.65. The van der Waals surface area contributed by atoms with E-state index in [0.717, 1.165) is 19.6 Å². The predicted octanol–water partition coefficient (Wildman–Crippen LogP) is 2.89. The molecule has 0 atom stereocenters. The number of hydrogen-bond acceptors (Lipinski definition) is 3. The van der Waals surface area contributed by atoms with Gasteiger partial charge in [0.1, 0.15) is 0 Å². The maximum atomic E-state index is 3.54. The molecule has 0 spiro atoms. The summed E-state index contributed by atoms with van der Waals surface area (Å²) in [5.74, 6) is 1.25. The highest BCUT2D eigenvalue weighted by Gasteiger charge is 2.11. The SMILES string of the molecule is CSCCCNCc1cccc2c1NCCC2. The largest absolute Gasteiger partial charge is 0.385 e. The molecule has 1 aromatic rings. The Bertz CT molecular complexity index is 352. The Hall–Kier alpha value is -0.670. The Morgan fingerprint density at radius 3 is 3.24 bits per heavy atom. The minimum absolute atomic E-state index is 0.991. The topological polar surface area (TPSA) is 24.1 Å². The van der Waals surface area contributed by atoms with Crippen LogP contribution in [0.15, 0.2) is 18.2 Å². The maximum absolute atomic E-state index is 3.54. The van der Waals surface area contributed by atoms with Crippen LogP contribution in [0, 0.1) is 0 Å². The molecule has 1 aliphatic rings. The molecule has 2 rings (SSSR count). The van der Waals surface area contributed by atoms with Crippen LogP contribution in [0.1, 0.15) is 24.0 Å². The van der Waals surface area contributed by atoms with Gasteiger partial charge in [0.25, 0.3) is 0 Å². The molecule has 1 aromatic carbocycles. The summed E-state index contributed by atoms with van der Waals surface area (Å²) < 4.78 is 0. The zero-order chi connectivity index (χ0) is 11.9. The molecule has 2 nitrogen and oxygen atoms in total. The monoisotopic (exact) mass is 250 g/mol. The molecule has 0 saturated carbocycles. The number of para-hydroxylation sites is 1. The van der Waals surface area contributed by atoms with E-state index >= 15 is 0 Å². The molecule has 0 unspecified atom stereocenters. The van der Waals surface area contributed by atoms with Crippen LogP contribution in [0.25, 0.3) is 0 Å². The Morgan fingerprint density at radius 2 is 2.35 bits per heavy atom. The number of nitrogens with one attached hydrogen (secondary N) is 2. The molecular formula is C14H22N2S. The number of thioether (sulfide) groups is 1. The highest BCUT2D eigenvalue weighted by atomic mass is 32.2. The molecule has 3 heteroatoms. The zero-order valence-corrected chi connectivity index (χ0v) is 11.4. The smallest absolute Gasteiger partial charge is 0.0418 e. The van der Waals surface area contributed by atoms with Crippen molar-refractivity contribution < 1.29 is 0 Å². The van der Waals surface area contributed by atoms with Gasteiger partial charge in [-0.3, -0.25) is 0 Å². The number of hydrogen-bond donors (Lipinski definition) is 2. The van der Waals surface area contributed by atoms with Crippen molar-refractivity contribution in [3.63, 3.8) is 0 Å². The first kappa shape index (κ1) is 12.8. The molecule has 0 saturated heterocycles. The summed E-state index contributed by atoms with van der Waals surface area (Å²) in [4.78, 5) is 0. The van der Waals surface area contributed by atoms with Crippen LogP contribution in [-0.2, 0) is 13.0 Å². The fourth-order valence-corrected chi connectivity index (χ4v) is 2.73. The van der Waals surface area contributed by atoms with Gasteiger partial charge in [-0.2, -0.15) is 11.8 Å². The van der Waals surface area contributed by atoms with Crippen LogP contribution >= 0.6 is 11.8 Å². The average molecular weight is 250 g/mol. The summed E-state index contributed by atoms with van der Waals surface area (Å²) in [5.41, 5.74) is 4.29. The van der Waals surface area contributed by atoms with Crippen molar-refractivity contribution in [2.75, 3.05) is 30.4 Å². The minimum Gasteiger partial charge on any atom is -0.385 e. The minimum atomic E-state index is 0.991. The van der Waals surface area contributed by atoms with Crippen molar-refractivity contribution in [3.8, 4) is 0 Å². The van der Waals surface area contributed by atoms with Crippen molar-refractivity contribution in [3.05, 3.63) is 29.3 Å². The van der Waals surface area contributed by atoms with E-state index in [4.69, 9.17) is 0 Å². The summed E-state index contributed by atoms with van der Waals surface area (Å²) in [6.07, 6.45) is 5.90. The lowest BCUT2D eigenvalue weighted by Gasteiger charge is -2.21. The van der Waals surface area contributed by atoms with Crippen molar-refractivity contribution in [1.29, 1.82) is 0 Å². The number of aryl methyl sites for hydroxylation is 1.